The molecular formula is C20H23F3O5S. The van der Waals surface area contributed by atoms with Gasteiger partial charge in [0.15, 0.2) is 6.61 Å². The Kier molecular flexibility index (Phi) is 4.97. The van der Waals surface area contributed by atoms with Crippen LogP contribution < -0.4 is 4.18 Å². The zero-order chi connectivity index (χ0) is 21.0. The van der Waals surface area contributed by atoms with Crippen molar-refractivity contribution in [2.45, 2.75) is 57.5 Å². The summed E-state index contributed by atoms with van der Waals surface area (Å²) < 4.78 is 68.5. The number of carbonyl (C=O) groups excluding carboxylic acids is 1. The average molecular weight is 432 g/mol. The number of carbonyl (C=O) groups is 1. The molecule has 160 valence electrons. The molecule has 0 spiro atoms. The predicted octanol–water partition coefficient (Wildman–Crippen LogP) is 4.31. The van der Waals surface area contributed by atoms with Crippen LogP contribution in [-0.2, 0) is 25.8 Å². The largest absolute Gasteiger partial charge is 0.449 e. The molecule has 3 aliphatic carbocycles. The molecule has 2 saturated carbocycles. The molecule has 0 N–H and O–H groups in total. The van der Waals surface area contributed by atoms with Crippen LogP contribution in [0.15, 0.2) is 18.2 Å². The summed E-state index contributed by atoms with van der Waals surface area (Å²) in [6.45, 7) is 0.171. The fourth-order valence-corrected chi connectivity index (χ4v) is 6.33. The van der Waals surface area contributed by atoms with Crippen molar-refractivity contribution in [2.75, 3.05) is 6.61 Å². The van der Waals surface area contributed by atoms with E-state index in [1.165, 1.54) is 6.07 Å². The minimum atomic E-state index is -4.80. The van der Waals surface area contributed by atoms with Gasteiger partial charge in [0.2, 0.25) is 0 Å². The monoisotopic (exact) mass is 432 g/mol. The summed E-state index contributed by atoms with van der Waals surface area (Å²) in [5.41, 5.74) is 1.86. The van der Waals surface area contributed by atoms with E-state index in [1.807, 2.05) is 0 Å². The quantitative estimate of drug-likeness (QED) is 0.709. The van der Waals surface area contributed by atoms with Crippen LogP contribution in [0.3, 0.4) is 0 Å². The van der Waals surface area contributed by atoms with Gasteiger partial charge in [-0.3, -0.25) is 4.79 Å². The third-order valence-electron chi connectivity index (χ3n) is 6.97. The number of hydrogen-bond donors (Lipinski definition) is 0. The first-order valence-corrected chi connectivity index (χ1v) is 11.1. The van der Waals surface area contributed by atoms with Crippen molar-refractivity contribution >= 4 is 16.2 Å². The Balaban J connectivity index is 1.51. The first kappa shape index (κ1) is 20.7. The number of benzene rings is 1. The summed E-state index contributed by atoms with van der Waals surface area (Å²) >= 11 is 0. The Morgan fingerprint density at radius 3 is 2.66 bits per heavy atom. The van der Waals surface area contributed by atoms with Gasteiger partial charge in [0.25, 0.3) is 0 Å². The fraction of sp³-hybridized carbons (Fsp3) is 0.650. The average Bonchev–Trinajstić information content (AvgIpc) is 2.94. The molecule has 0 aliphatic heterocycles. The third-order valence-corrected chi connectivity index (χ3v) is 7.78. The first-order valence-electron chi connectivity index (χ1n) is 9.80. The molecule has 0 bridgehead atoms. The number of Topliss-reactive ketones (excluding diaryl/α,β-unsaturated/α-hetero) is 1. The minimum Gasteiger partial charge on any atom is -0.362 e. The van der Waals surface area contributed by atoms with Crippen molar-refractivity contribution in [1.29, 1.82) is 0 Å². The number of fused-ring (bicyclic) bond motifs is 5. The van der Waals surface area contributed by atoms with E-state index in [4.69, 9.17) is 4.18 Å². The molecule has 0 saturated heterocycles. The maximum atomic E-state index is 12.4. The van der Waals surface area contributed by atoms with E-state index in [0.717, 1.165) is 43.2 Å². The van der Waals surface area contributed by atoms with E-state index < -0.39 is 23.2 Å². The number of halogens is 3. The second-order valence-electron chi connectivity index (χ2n) is 8.56. The van der Waals surface area contributed by atoms with E-state index in [-0.39, 0.29) is 11.2 Å². The van der Waals surface area contributed by atoms with Crippen LogP contribution in [0.2, 0.25) is 0 Å². The van der Waals surface area contributed by atoms with Gasteiger partial charge >= 0.3 is 16.6 Å². The predicted molar refractivity (Wildman–Crippen MR) is 97.6 cm³/mol. The van der Waals surface area contributed by atoms with Crippen LogP contribution in [-0.4, -0.2) is 27.0 Å². The van der Waals surface area contributed by atoms with Gasteiger partial charge in [-0.25, -0.2) is 4.18 Å². The lowest BCUT2D eigenvalue weighted by Crippen LogP contribution is -2.42. The standard InChI is InChI=1S/C20H23F3O5S/c1-19-9-8-15-14-5-3-13(28-29(25,26)27-11-20(21,22)23)10-12(14)2-4-16(15)17(19)6-7-18(19)24/h3,5,10,15-17H,2,4,6-9,11H2,1H3/t15-,16-,17+,19+/m1/s1. The number of aryl methyl sites for hydroxylation is 1. The van der Waals surface area contributed by atoms with Crippen molar-refractivity contribution in [3.63, 3.8) is 0 Å². The molecule has 2 fully saturated rings. The molecule has 4 atom stereocenters. The van der Waals surface area contributed by atoms with Crippen LogP contribution in [0.25, 0.3) is 0 Å². The highest BCUT2D eigenvalue weighted by atomic mass is 32.3. The van der Waals surface area contributed by atoms with E-state index in [0.29, 0.717) is 30.0 Å². The molecule has 4 rings (SSSR count). The van der Waals surface area contributed by atoms with Crippen LogP contribution >= 0.6 is 0 Å². The number of ketones is 1. The van der Waals surface area contributed by atoms with Crippen LogP contribution in [0.4, 0.5) is 13.2 Å². The molecule has 29 heavy (non-hydrogen) atoms. The fourth-order valence-electron chi connectivity index (χ4n) is 5.66. The third kappa shape index (κ3) is 3.91. The van der Waals surface area contributed by atoms with Crippen molar-refractivity contribution < 1.29 is 34.7 Å². The highest BCUT2D eigenvalue weighted by Gasteiger charge is 2.54. The lowest BCUT2D eigenvalue weighted by molar-refractivity contribution is -0.153. The summed E-state index contributed by atoms with van der Waals surface area (Å²) in [6.07, 6.45) is 0.211. The molecule has 5 nitrogen and oxygen atoms in total. The van der Waals surface area contributed by atoms with E-state index in [2.05, 4.69) is 11.1 Å². The topological polar surface area (TPSA) is 69.7 Å². The maximum absolute atomic E-state index is 12.4. The van der Waals surface area contributed by atoms with Gasteiger partial charge in [-0.1, -0.05) is 13.0 Å². The van der Waals surface area contributed by atoms with Gasteiger partial charge in [-0.2, -0.15) is 21.6 Å². The zero-order valence-electron chi connectivity index (χ0n) is 16.0. The van der Waals surface area contributed by atoms with E-state index in [9.17, 15) is 26.4 Å². The van der Waals surface area contributed by atoms with Gasteiger partial charge in [0.05, 0.1) is 0 Å². The molecule has 3 aliphatic rings. The summed E-state index contributed by atoms with van der Waals surface area (Å²) in [5, 5.41) is 0. The lowest BCUT2D eigenvalue weighted by atomic mass is 9.55. The lowest BCUT2D eigenvalue weighted by Gasteiger charge is -2.48. The molecule has 1 aromatic rings. The Labute approximate surface area is 167 Å². The second kappa shape index (κ2) is 6.97. The highest BCUT2D eigenvalue weighted by molar-refractivity contribution is 7.82. The maximum Gasteiger partial charge on any atom is 0.449 e. The molecule has 0 unspecified atom stereocenters. The summed E-state index contributed by atoms with van der Waals surface area (Å²) in [4.78, 5) is 12.4. The SMILES string of the molecule is C[C@]12CC[C@@H]3c4ccc(OS(=O)(=O)OCC(F)(F)F)cc4CC[C@H]3[C@@H]1CCC2=O. The normalized spacial score (nSPS) is 31.7. The molecule has 0 radical (unpaired) electrons. The van der Waals surface area contributed by atoms with Crippen molar-refractivity contribution in [3.05, 3.63) is 29.3 Å². The molecular weight excluding hydrogens is 409 g/mol. The van der Waals surface area contributed by atoms with E-state index in [1.54, 1.807) is 12.1 Å². The summed E-state index contributed by atoms with van der Waals surface area (Å²) in [5.74, 6) is 1.45. The van der Waals surface area contributed by atoms with Crippen LogP contribution in [0, 0.1) is 17.3 Å². The molecule has 0 amide bonds. The highest BCUT2D eigenvalue weighted by Crippen LogP contribution is 2.59. The Bertz CT molecular complexity index is 927. The van der Waals surface area contributed by atoms with Gasteiger partial charge in [0.1, 0.15) is 11.5 Å². The number of rotatable bonds is 4. The Hall–Kier alpha value is -1.61. The summed E-state index contributed by atoms with van der Waals surface area (Å²) in [6, 6.07) is 4.84. The van der Waals surface area contributed by atoms with Gasteiger partial charge < -0.3 is 4.18 Å². The Morgan fingerprint density at radius 1 is 1.17 bits per heavy atom. The Morgan fingerprint density at radius 2 is 1.93 bits per heavy atom. The molecule has 0 heterocycles. The summed E-state index contributed by atoms with van der Waals surface area (Å²) in [7, 11) is -4.80. The molecule has 9 heteroatoms. The van der Waals surface area contributed by atoms with Crippen molar-refractivity contribution in [3.8, 4) is 5.75 Å². The van der Waals surface area contributed by atoms with Gasteiger partial charge in [-0.15, -0.1) is 0 Å². The van der Waals surface area contributed by atoms with Crippen molar-refractivity contribution in [1.82, 2.24) is 0 Å². The van der Waals surface area contributed by atoms with Gasteiger partial charge in [-0.05, 0) is 73.1 Å². The number of hydrogen-bond acceptors (Lipinski definition) is 5. The van der Waals surface area contributed by atoms with Crippen molar-refractivity contribution in [2.24, 2.45) is 17.3 Å². The van der Waals surface area contributed by atoms with Crippen LogP contribution in [0.1, 0.15) is 56.1 Å². The molecule has 1 aromatic carbocycles. The number of alkyl halides is 3. The molecule has 0 aromatic heterocycles. The smallest absolute Gasteiger partial charge is 0.362 e. The first-order chi connectivity index (χ1) is 13.5. The zero-order valence-corrected chi connectivity index (χ0v) is 16.8. The second-order valence-corrected chi connectivity index (χ2v) is 9.78. The minimum absolute atomic E-state index is 0.0546. The van der Waals surface area contributed by atoms with Crippen LogP contribution in [0.5, 0.6) is 5.75 Å². The van der Waals surface area contributed by atoms with E-state index >= 15 is 0 Å². The van der Waals surface area contributed by atoms with Gasteiger partial charge in [0, 0.05) is 11.8 Å².